The highest BCUT2D eigenvalue weighted by atomic mass is 16.5. The Morgan fingerprint density at radius 2 is 1.72 bits per heavy atom. The number of piperidine rings is 1. The van der Waals surface area contributed by atoms with Gasteiger partial charge in [-0.25, -0.2) is 4.98 Å². The van der Waals surface area contributed by atoms with Crippen molar-refractivity contribution in [2.45, 2.75) is 19.8 Å². The first-order valence-electron chi connectivity index (χ1n) is 10.3. The van der Waals surface area contributed by atoms with Gasteiger partial charge in [0.2, 0.25) is 0 Å². The molecule has 1 aromatic heterocycles. The van der Waals surface area contributed by atoms with E-state index in [2.05, 4.69) is 9.88 Å². The average Bonchev–Trinajstić information content (AvgIpc) is 2.77. The van der Waals surface area contributed by atoms with Gasteiger partial charge in [-0.15, -0.1) is 0 Å². The lowest BCUT2D eigenvalue weighted by molar-refractivity contribution is -0.148. The molecule has 0 spiro atoms. The molecule has 2 fully saturated rings. The molecule has 2 aromatic rings. The lowest BCUT2D eigenvalue weighted by atomic mass is 9.96. The summed E-state index contributed by atoms with van der Waals surface area (Å²) in [7, 11) is 0. The monoisotopic (exact) mass is 398 g/mol. The van der Waals surface area contributed by atoms with Crippen molar-refractivity contribution in [3.05, 3.63) is 44.8 Å². The van der Waals surface area contributed by atoms with E-state index >= 15 is 0 Å². The number of nitrogens with zero attached hydrogens (tertiary/aromatic N) is 4. The van der Waals surface area contributed by atoms with Gasteiger partial charge in [-0.05, 0) is 31.9 Å². The van der Waals surface area contributed by atoms with E-state index in [9.17, 15) is 14.4 Å². The predicted molar refractivity (Wildman–Crippen MR) is 112 cm³/mol. The molecule has 2 aliphatic rings. The van der Waals surface area contributed by atoms with Crippen molar-refractivity contribution in [3.8, 4) is 0 Å². The SMILES string of the molecule is CCOC(=O)[C@@H]1CCCN(c2c(N3CCN(c4ccccn4)CC3)c(=O)c2=O)C1. The zero-order chi connectivity index (χ0) is 20.4. The zero-order valence-corrected chi connectivity index (χ0v) is 16.7. The summed E-state index contributed by atoms with van der Waals surface area (Å²) in [6.45, 7) is 6.04. The molecule has 2 aliphatic heterocycles. The summed E-state index contributed by atoms with van der Waals surface area (Å²) in [5.41, 5.74) is 0.150. The molecule has 8 nitrogen and oxygen atoms in total. The van der Waals surface area contributed by atoms with E-state index in [1.807, 2.05) is 28.0 Å². The Morgan fingerprint density at radius 3 is 2.38 bits per heavy atom. The maximum atomic E-state index is 12.4. The minimum atomic E-state index is -0.434. The molecule has 29 heavy (non-hydrogen) atoms. The summed E-state index contributed by atoms with van der Waals surface area (Å²) < 4.78 is 5.15. The molecule has 0 saturated carbocycles. The molecule has 2 saturated heterocycles. The number of carbonyl (C=O) groups is 1. The molecular formula is C21H26N4O4. The van der Waals surface area contributed by atoms with Crippen LogP contribution < -0.4 is 25.6 Å². The van der Waals surface area contributed by atoms with Crippen LogP contribution in [-0.2, 0) is 9.53 Å². The number of pyridine rings is 1. The number of hydrogen-bond acceptors (Lipinski definition) is 8. The Balaban J connectivity index is 1.47. The third kappa shape index (κ3) is 3.71. The summed E-state index contributed by atoms with van der Waals surface area (Å²) in [6.07, 6.45) is 3.32. The minimum Gasteiger partial charge on any atom is -0.466 e. The first-order valence-corrected chi connectivity index (χ1v) is 10.3. The van der Waals surface area contributed by atoms with Gasteiger partial charge in [0, 0.05) is 45.5 Å². The number of ether oxygens (including phenoxy) is 1. The predicted octanol–water partition coefficient (Wildman–Crippen LogP) is 0.784. The molecule has 4 rings (SSSR count). The Hall–Kier alpha value is -2.90. The molecule has 1 atom stereocenters. The van der Waals surface area contributed by atoms with Gasteiger partial charge in [-0.3, -0.25) is 14.4 Å². The van der Waals surface area contributed by atoms with Crippen molar-refractivity contribution >= 4 is 23.2 Å². The van der Waals surface area contributed by atoms with E-state index in [4.69, 9.17) is 4.74 Å². The van der Waals surface area contributed by atoms with Crippen LogP contribution in [0.3, 0.4) is 0 Å². The molecule has 0 unspecified atom stereocenters. The molecule has 1 aromatic carbocycles. The molecule has 0 N–H and O–H groups in total. The van der Waals surface area contributed by atoms with Crippen LogP contribution in [0.4, 0.5) is 17.2 Å². The number of rotatable bonds is 5. The first kappa shape index (κ1) is 19.4. The Morgan fingerprint density at radius 1 is 1.03 bits per heavy atom. The van der Waals surface area contributed by atoms with Crippen molar-refractivity contribution in [2.75, 3.05) is 60.6 Å². The van der Waals surface area contributed by atoms with Crippen LogP contribution in [0.2, 0.25) is 0 Å². The van der Waals surface area contributed by atoms with Crippen LogP contribution in [0.25, 0.3) is 0 Å². The van der Waals surface area contributed by atoms with Crippen LogP contribution in [0.15, 0.2) is 34.0 Å². The second kappa shape index (κ2) is 8.23. The standard InChI is InChI=1S/C21H26N4O4/c1-2-29-21(28)15-6-5-9-25(14-15)18-17(19(26)20(18)27)24-12-10-23(11-13-24)16-7-3-4-8-22-16/h3-4,7-8,15H,2,5-6,9-14H2,1H3/t15-/m1/s1. The van der Waals surface area contributed by atoms with Gasteiger partial charge in [-0.2, -0.15) is 0 Å². The van der Waals surface area contributed by atoms with E-state index in [1.165, 1.54) is 0 Å². The maximum Gasteiger partial charge on any atom is 0.310 e. The summed E-state index contributed by atoms with van der Waals surface area (Å²) in [5, 5.41) is 0. The summed E-state index contributed by atoms with van der Waals surface area (Å²) >= 11 is 0. The van der Waals surface area contributed by atoms with Crippen molar-refractivity contribution in [1.29, 1.82) is 0 Å². The quantitative estimate of drug-likeness (QED) is 0.540. The third-order valence-corrected chi connectivity index (χ3v) is 5.79. The molecule has 8 heteroatoms. The van der Waals surface area contributed by atoms with Crippen LogP contribution in [0.5, 0.6) is 0 Å². The first-order chi connectivity index (χ1) is 14.1. The van der Waals surface area contributed by atoms with Crippen LogP contribution in [0.1, 0.15) is 19.8 Å². The normalized spacial score (nSPS) is 20.2. The summed E-state index contributed by atoms with van der Waals surface area (Å²) in [5.74, 6) is 0.453. The number of hydrogen-bond donors (Lipinski definition) is 0. The number of carbonyl (C=O) groups excluding carboxylic acids is 1. The Labute approximate surface area is 169 Å². The highest BCUT2D eigenvalue weighted by Crippen LogP contribution is 2.30. The van der Waals surface area contributed by atoms with E-state index in [1.54, 1.807) is 13.1 Å². The fourth-order valence-corrected chi connectivity index (χ4v) is 4.29. The number of piperazine rings is 1. The zero-order valence-electron chi connectivity index (χ0n) is 16.7. The fraction of sp³-hybridized carbons (Fsp3) is 0.524. The molecule has 0 radical (unpaired) electrons. The van der Waals surface area contributed by atoms with Crippen LogP contribution >= 0.6 is 0 Å². The Bertz CT molecular complexity index is 930. The smallest absolute Gasteiger partial charge is 0.310 e. The number of esters is 1. The van der Waals surface area contributed by atoms with Crippen molar-refractivity contribution in [1.82, 2.24) is 4.98 Å². The van der Waals surface area contributed by atoms with Gasteiger partial charge in [0.25, 0.3) is 10.9 Å². The second-order valence-corrected chi connectivity index (χ2v) is 7.55. The largest absolute Gasteiger partial charge is 0.466 e. The van der Waals surface area contributed by atoms with Gasteiger partial charge in [0.05, 0.1) is 12.5 Å². The second-order valence-electron chi connectivity index (χ2n) is 7.55. The molecule has 154 valence electrons. The van der Waals surface area contributed by atoms with Crippen molar-refractivity contribution in [2.24, 2.45) is 5.92 Å². The average molecular weight is 398 g/mol. The van der Waals surface area contributed by atoms with E-state index in [0.717, 1.165) is 31.7 Å². The topological polar surface area (TPSA) is 83.1 Å². The number of aromatic nitrogens is 1. The summed E-state index contributed by atoms with van der Waals surface area (Å²) in [4.78, 5) is 47.4. The molecular weight excluding hydrogens is 372 g/mol. The maximum absolute atomic E-state index is 12.4. The number of anilines is 3. The molecule has 0 bridgehead atoms. The van der Waals surface area contributed by atoms with E-state index in [0.29, 0.717) is 44.2 Å². The van der Waals surface area contributed by atoms with Gasteiger partial charge < -0.3 is 19.4 Å². The molecule has 3 heterocycles. The Kier molecular flexibility index (Phi) is 5.51. The lowest BCUT2D eigenvalue weighted by Crippen LogP contribution is -2.54. The van der Waals surface area contributed by atoms with E-state index < -0.39 is 10.9 Å². The van der Waals surface area contributed by atoms with Crippen molar-refractivity contribution in [3.63, 3.8) is 0 Å². The van der Waals surface area contributed by atoms with Gasteiger partial charge >= 0.3 is 5.97 Å². The summed E-state index contributed by atoms with van der Waals surface area (Å²) in [6, 6.07) is 5.82. The van der Waals surface area contributed by atoms with Crippen LogP contribution in [-0.4, -0.2) is 56.8 Å². The lowest BCUT2D eigenvalue weighted by Gasteiger charge is -2.40. The van der Waals surface area contributed by atoms with Crippen LogP contribution in [0, 0.1) is 5.92 Å². The molecule has 0 amide bonds. The fourth-order valence-electron chi connectivity index (χ4n) is 4.29. The highest BCUT2D eigenvalue weighted by Gasteiger charge is 2.35. The van der Waals surface area contributed by atoms with Gasteiger partial charge in [0.15, 0.2) is 0 Å². The molecule has 0 aliphatic carbocycles. The van der Waals surface area contributed by atoms with Crippen molar-refractivity contribution < 1.29 is 9.53 Å². The van der Waals surface area contributed by atoms with E-state index in [-0.39, 0.29) is 11.9 Å². The third-order valence-electron chi connectivity index (χ3n) is 5.79. The van der Waals surface area contributed by atoms with Gasteiger partial charge in [0.1, 0.15) is 17.2 Å². The highest BCUT2D eigenvalue weighted by molar-refractivity contribution is 5.79. The van der Waals surface area contributed by atoms with Gasteiger partial charge in [-0.1, -0.05) is 6.07 Å². The minimum absolute atomic E-state index is 0.221.